The molecule has 7 nitrogen and oxygen atoms in total. The van der Waals surface area contributed by atoms with Crippen LogP contribution in [0.3, 0.4) is 0 Å². The maximum atomic E-state index is 14.9. The van der Waals surface area contributed by atoms with Gasteiger partial charge in [0, 0.05) is 66.0 Å². The third-order valence-electron chi connectivity index (χ3n) is 13.4. The number of aromatic nitrogens is 6. The van der Waals surface area contributed by atoms with Gasteiger partial charge in [-0.15, -0.1) is 0 Å². The van der Waals surface area contributed by atoms with Crippen LogP contribution in [-0.4, -0.2) is 28.2 Å². The van der Waals surface area contributed by atoms with Gasteiger partial charge in [0.25, 0.3) is 5.56 Å². The minimum Gasteiger partial charge on any atom is -0.309 e. The molecule has 0 aliphatic carbocycles. The molecule has 0 atom stereocenters. The van der Waals surface area contributed by atoms with Crippen molar-refractivity contribution in [2.75, 3.05) is 0 Å². The number of benzene rings is 9. The largest absolute Gasteiger partial charge is 0.309 e. The summed E-state index contributed by atoms with van der Waals surface area (Å²) in [4.78, 5) is 25.4. The summed E-state index contributed by atoms with van der Waals surface area (Å²) < 4.78 is 8.49. The van der Waals surface area contributed by atoms with E-state index in [1.807, 2.05) is 48.7 Å². The highest BCUT2D eigenvalue weighted by molar-refractivity contribution is 6.14. The summed E-state index contributed by atoms with van der Waals surface area (Å²) in [5.74, 6) is 0.485. The van der Waals surface area contributed by atoms with E-state index in [-0.39, 0.29) is 5.56 Å². The van der Waals surface area contributed by atoms with Crippen molar-refractivity contribution in [3.63, 3.8) is 0 Å². The van der Waals surface area contributed by atoms with Crippen molar-refractivity contribution in [2.24, 2.45) is 0 Å². The summed E-state index contributed by atoms with van der Waals surface area (Å²) in [5, 5.41) is 9.14. The Morgan fingerprint density at radius 1 is 0.303 bits per heavy atom. The molecule has 0 unspecified atom stereocenters. The summed E-state index contributed by atoms with van der Waals surface area (Å²) in [7, 11) is 0. The van der Waals surface area contributed by atoms with Gasteiger partial charge in [0.2, 0.25) is 5.95 Å². The van der Waals surface area contributed by atoms with Crippen LogP contribution in [0, 0.1) is 0 Å². The van der Waals surface area contributed by atoms with Gasteiger partial charge < -0.3 is 9.13 Å². The molecule has 0 saturated carbocycles. The first-order valence-electron chi connectivity index (χ1n) is 22.2. The average Bonchev–Trinajstić information content (AvgIpc) is 4.02. The van der Waals surface area contributed by atoms with Gasteiger partial charge in [-0.2, -0.15) is 4.98 Å². The molecule has 9 aromatic carbocycles. The number of para-hydroxylation sites is 6. The second-order valence-electron chi connectivity index (χ2n) is 17.0. The molecular weight excluding hydrogens is 809 g/mol. The lowest BCUT2D eigenvalue weighted by atomic mass is 10.0. The van der Waals surface area contributed by atoms with Crippen molar-refractivity contribution in [1.82, 2.24) is 28.2 Å². The number of nitrogens with zero attached hydrogens (tertiary/aromatic N) is 6. The number of pyridine rings is 1. The lowest BCUT2D eigenvalue weighted by Gasteiger charge is -2.15. The van der Waals surface area contributed by atoms with Gasteiger partial charge in [0.05, 0.1) is 38.8 Å². The van der Waals surface area contributed by atoms with Crippen LogP contribution in [-0.2, 0) is 0 Å². The zero-order valence-corrected chi connectivity index (χ0v) is 35.4. The summed E-state index contributed by atoms with van der Waals surface area (Å²) in [6.45, 7) is 0. The van der Waals surface area contributed by atoms with E-state index in [9.17, 15) is 4.79 Å². The topological polar surface area (TPSA) is 62.6 Å². The van der Waals surface area contributed by atoms with E-state index in [0.29, 0.717) is 17.0 Å². The van der Waals surface area contributed by atoms with E-state index in [1.165, 1.54) is 32.6 Å². The Kier molecular flexibility index (Phi) is 7.71. The van der Waals surface area contributed by atoms with Crippen LogP contribution in [0.4, 0.5) is 0 Å². The van der Waals surface area contributed by atoms with Gasteiger partial charge in [-0.1, -0.05) is 121 Å². The molecule has 0 amide bonds. The molecule has 0 N–H and O–H groups in total. The predicted octanol–water partition coefficient (Wildman–Crippen LogP) is 13.9. The molecule has 0 fully saturated rings. The van der Waals surface area contributed by atoms with Gasteiger partial charge in [-0.3, -0.25) is 13.9 Å². The van der Waals surface area contributed by atoms with Gasteiger partial charge in [0.1, 0.15) is 0 Å². The molecule has 66 heavy (non-hydrogen) atoms. The van der Waals surface area contributed by atoms with E-state index in [1.54, 1.807) is 4.57 Å². The van der Waals surface area contributed by atoms with E-state index >= 15 is 0 Å². The molecule has 0 spiro atoms. The first-order valence-corrected chi connectivity index (χ1v) is 22.2. The highest BCUT2D eigenvalue weighted by Crippen LogP contribution is 2.39. The summed E-state index contributed by atoms with van der Waals surface area (Å²) in [6.07, 6.45) is 1.89. The fourth-order valence-corrected chi connectivity index (χ4v) is 10.5. The molecule has 7 heteroatoms. The molecule has 0 aliphatic rings. The molecular formula is C59H36N6O. The van der Waals surface area contributed by atoms with Crippen LogP contribution in [0.2, 0.25) is 0 Å². The highest BCUT2D eigenvalue weighted by atomic mass is 16.1. The number of rotatable bonds is 5. The number of fused-ring (bicyclic) bond motifs is 12. The Bertz CT molecular complexity index is 4310. The fourth-order valence-electron chi connectivity index (χ4n) is 10.5. The Morgan fingerprint density at radius 2 is 0.742 bits per heavy atom. The highest BCUT2D eigenvalue weighted by Gasteiger charge is 2.21. The smallest absolute Gasteiger partial charge is 0.264 e. The molecule has 0 saturated heterocycles. The zero-order valence-electron chi connectivity index (χ0n) is 35.4. The van der Waals surface area contributed by atoms with Crippen molar-refractivity contribution < 1.29 is 0 Å². The van der Waals surface area contributed by atoms with Crippen LogP contribution in [0.1, 0.15) is 0 Å². The molecule has 0 bridgehead atoms. The minimum atomic E-state index is -0.141. The standard InChI is InChI=1S/C59H36N6O/c66-58-46-30-29-41(63-51-23-11-7-19-42(51)43-20-8-12-24-52(43)63)35-47(46)50-36-60-59(61-57(50)64(58)40-17-5-2-6-18-40)65-54-26-14-10-22-45(54)49-34-38(28-32-56(49)65)37-27-31-55-48(33-37)44-21-9-13-25-53(44)62(55)39-15-3-1-4-16-39/h1-36H. The van der Waals surface area contributed by atoms with E-state index in [2.05, 4.69) is 184 Å². The van der Waals surface area contributed by atoms with E-state index < -0.39 is 0 Å². The average molecular weight is 845 g/mol. The second-order valence-corrected chi connectivity index (χ2v) is 17.0. The van der Waals surface area contributed by atoms with Gasteiger partial charge in [-0.05, 0) is 102 Å². The second kappa shape index (κ2) is 14.0. The van der Waals surface area contributed by atoms with Crippen molar-refractivity contribution in [3.8, 4) is 34.1 Å². The SMILES string of the molecule is O=c1c2ccc(-n3c4ccccc4c4ccccc43)cc2c2cnc(-n3c4ccccc4c4cc(-c5ccc6c(c5)c5ccccc5n6-c5ccccc5)ccc43)nc2n1-c1ccccc1. The van der Waals surface area contributed by atoms with Gasteiger partial charge >= 0.3 is 0 Å². The normalized spacial score (nSPS) is 12.0. The van der Waals surface area contributed by atoms with Crippen LogP contribution < -0.4 is 5.56 Å². The first kappa shape index (κ1) is 36.4. The Labute approximate surface area is 376 Å². The Balaban J connectivity index is 0.971. The van der Waals surface area contributed by atoms with Gasteiger partial charge in [-0.25, -0.2) is 4.98 Å². The maximum absolute atomic E-state index is 14.9. The maximum Gasteiger partial charge on any atom is 0.264 e. The summed E-state index contributed by atoms with van der Waals surface area (Å²) >= 11 is 0. The Hall–Kier alpha value is -9.07. The van der Waals surface area contributed by atoms with Crippen molar-refractivity contribution in [3.05, 3.63) is 229 Å². The van der Waals surface area contributed by atoms with E-state index in [0.717, 1.165) is 71.8 Å². The minimum absolute atomic E-state index is 0.141. The Morgan fingerprint density at radius 3 is 1.30 bits per heavy atom. The lowest BCUT2D eigenvalue weighted by molar-refractivity contribution is 0.964. The van der Waals surface area contributed by atoms with E-state index in [4.69, 9.17) is 9.97 Å². The molecule has 0 radical (unpaired) electrons. The van der Waals surface area contributed by atoms with Gasteiger partial charge in [0.15, 0.2) is 5.65 Å². The van der Waals surface area contributed by atoms with Crippen LogP contribution >= 0.6 is 0 Å². The number of hydrogen-bond donors (Lipinski definition) is 0. The first-order chi connectivity index (χ1) is 32.7. The molecule has 5 heterocycles. The monoisotopic (exact) mass is 844 g/mol. The lowest BCUT2D eigenvalue weighted by Crippen LogP contribution is -2.21. The van der Waals surface area contributed by atoms with Crippen molar-refractivity contribution in [1.29, 1.82) is 0 Å². The van der Waals surface area contributed by atoms with Crippen LogP contribution in [0.5, 0.6) is 0 Å². The molecule has 5 aromatic heterocycles. The summed E-state index contributed by atoms with van der Waals surface area (Å²) in [5.41, 5.74) is 12.0. The molecule has 0 aliphatic heterocycles. The molecule has 14 aromatic rings. The zero-order chi connectivity index (χ0) is 43.5. The number of hydrogen-bond acceptors (Lipinski definition) is 3. The third kappa shape index (κ3) is 5.22. The van der Waals surface area contributed by atoms with Crippen molar-refractivity contribution >= 4 is 87.2 Å². The van der Waals surface area contributed by atoms with Crippen molar-refractivity contribution in [2.45, 2.75) is 0 Å². The molecule has 308 valence electrons. The summed E-state index contributed by atoms with van der Waals surface area (Å²) in [6, 6.07) is 73.9. The molecule has 14 rings (SSSR count). The predicted molar refractivity (Wildman–Crippen MR) is 271 cm³/mol. The third-order valence-corrected chi connectivity index (χ3v) is 13.4. The fraction of sp³-hybridized carbons (Fsp3) is 0. The van der Waals surface area contributed by atoms with Crippen LogP contribution in [0.15, 0.2) is 223 Å². The van der Waals surface area contributed by atoms with Crippen LogP contribution in [0.25, 0.3) is 121 Å². The quantitative estimate of drug-likeness (QED) is 0.162.